The molecule has 6 rings (SSSR count). The van der Waals surface area contributed by atoms with Crippen molar-refractivity contribution >= 4 is 34.5 Å². The highest BCUT2D eigenvalue weighted by Crippen LogP contribution is 2.28. The van der Waals surface area contributed by atoms with Crippen LogP contribution >= 0.6 is 0 Å². The minimum atomic E-state index is -0.538. The monoisotopic (exact) mass is 562 g/mol. The van der Waals surface area contributed by atoms with E-state index in [2.05, 4.69) is 41.4 Å². The summed E-state index contributed by atoms with van der Waals surface area (Å²) in [6.45, 7) is 6.57. The molecule has 3 atom stereocenters. The van der Waals surface area contributed by atoms with Crippen LogP contribution in [0, 0.1) is 17.8 Å². The zero-order chi connectivity index (χ0) is 29.4. The smallest absolute Gasteiger partial charge is 0.264 e. The number of aromatic nitrogens is 3. The number of rotatable bonds is 4. The highest BCUT2D eigenvalue weighted by Gasteiger charge is 2.26. The van der Waals surface area contributed by atoms with Crippen LogP contribution in [0.2, 0.25) is 0 Å². The lowest BCUT2D eigenvalue weighted by Gasteiger charge is -2.29. The number of pyridine rings is 1. The standard InChI is InChI=1S/C33H34N6O3/c1-20-17-23(18-21(2)42-20)13-14-24-9-7-10-25-19-27(39(33(41)28(24)25)26-11-5-4-6-12-26)22(3)36-32(40)29-30(34)37-38-16-8-15-35-31(29)38/h4-12,16,19-23,35H,15,17-18H2,1-3H3,(H2,34,37)(H,36,40). The van der Waals surface area contributed by atoms with Crippen molar-refractivity contribution in [3.05, 3.63) is 87.8 Å². The molecule has 3 unspecified atom stereocenters. The molecule has 2 aliphatic rings. The van der Waals surface area contributed by atoms with Gasteiger partial charge in [-0.15, -0.1) is 5.10 Å². The molecule has 1 saturated heterocycles. The van der Waals surface area contributed by atoms with E-state index in [-0.39, 0.29) is 41.0 Å². The highest BCUT2D eigenvalue weighted by atomic mass is 16.5. The molecule has 0 spiro atoms. The molecule has 42 heavy (non-hydrogen) atoms. The fourth-order valence-corrected chi connectivity index (χ4v) is 5.96. The normalized spacial score (nSPS) is 20.2. The third-order valence-electron chi connectivity index (χ3n) is 7.79. The van der Waals surface area contributed by atoms with Crippen LogP contribution in [0.5, 0.6) is 0 Å². The van der Waals surface area contributed by atoms with Gasteiger partial charge in [-0.25, -0.2) is 4.68 Å². The fourth-order valence-electron chi connectivity index (χ4n) is 5.96. The van der Waals surface area contributed by atoms with Gasteiger partial charge in [0, 0.05) is 35.6 Å². The molecular weight excluding hydrogens is 528 g/mol. The first-order valence-corrected chi connectivity index (χ1v) is 14.3. The Labute approximate surface area is 244 Å². The van der Waals surface area contributed by atoms with Crippen molar-refractivity contribution in [2.45, 2.75) is 51.9 Å². The maximum Gasteiger partial charge on any atom is 0.264 e. The van der Waals surface area contributed by atoms with Gasteiger partial charge in [-0.3, -0.25) is 14.2 Å². The Morgan fingerprint density at radius 2 is 1.90 bits per heavy atom. The van der Waals surface area contributed by atoms with E-state index in [0.29, 0.717) is 34.7 Å². The maximum absolute atomic E-state index is 14.3. The van der Waals surface area contributed by atoms with Gasteiger partial charge in [0.05, 0.1) is 23.6 Å². The molecule has 2 aromatic heterocycles. The number of nitrogens with two attached hydrogens (primary N) is 1. The molecule has 9 heteroatoms. The number of amides is 1. The molecule has 0 aliphatic carbocycles. The molecule has 0 bridgehead atoms. The number of hydrogen-bond acceptors (Lipinski definition) is 6. The molecule has 4 heterocycles. The van der Waals surface area contributed by atoms with Crippen molar-refractivity contribution in [3.8, 4) is 17.5 Å². The summed E-state index contributed by atoms with van der Waals surface area (Å²) in [7, 11) is 0. The predicted molar refractivity (Wildman–Crippen MR) is 165 cm³/mol. The second-order valence-electron chi connectivity index (χ2n) is 11.0. The average Bonchev–Trinajstić information content (AvgIpc) is 3.31. The van der Waals surface area contributed by atoms with Crippen LogP contribution in [0.25, 0.3) is 22.7 Å². The van der Waals surface area contributed by atoms with Gasteiger partial charge >= 0.3 is 0 Å². The highest BCUT2D eigenvalue weighted by molar-refractivity contribution is 6.04. The lowest BCUT2D eigenvalue weighted by Crippen LogP contribution is -2.33. The molecule has 0 radical (unpaired) electrons. The van der Waals surface area contributed by atoms with Crippen molar-refractivity contribution in [1.29, 1.82) is 0 Å². The van der Waals surface area contributed by atoms with Gasteiger partial charge in [0.25, 0.3) is 11.5 Å². The van der Waals surface area contributed by atoms with E-state index in [0.717, 1.165) is 18.2 Å². The Bertz CT molecular complexity index is 1800. The van der Waals surface area contributed by atoms with Crippen molar-refractivity contribution in [1.82, 2.24) is 19.7 Å². The number of benzene rings is 2. The first-order valence-electron chi connectivity index (χ1n) is 14.3. The summed E-state index contributed by atoms with van der Waals surface area (Å²) in [5.74, 6) is 7.24. The minimum absolute atomic E-state index is 0.129. The van der Waals surface area contributed by atoms with Gasteiger partial charge in [-0.05, 0) is 69.3 Å². The second-order valence-corrected chi connectivity index (χ2v) is 11.0. The summed E-state index contributed by atoms with van der Waals surface area (Å²) in [6, 6.07) is 16.6. The number of nitrogens with one attached hydrogen (secondary N) is 2. The van der Waals surface area contributed by atoms with Crippen LogP contribution in [-0.4, -0.2) is 39.0 Å². The summed E-state index contributed by atoms with van der Waals surface area (Å²) in [4.78, 5) is 27.8. The number of ether oxygens (including phenoxy) is 1. The number of nitrogens with zero attached hydrogens (tertiary/aromatic N) is 3. The molecule has 1 fully saturated rings. The molecule has 4 aromatic rings. The molecule has 4 N–H and O–H groups in total. The van der Waals surface area contributed by atoms with Crippen LogP contribution < -0.4 is 21.9 Å². The van der Waals surface area contributed by atoms with Crippen LogP contribution in [0.1, 0.15) is 61.3 Å². The molecule has 0 saturated carbocycles. The quantitative estimate of drug-likeness (QED) is 0.310. The van der Waals surface area contributed by atoms with Gasteiger partial charge in [-0.2, -0.15) is 0 Å². The van der Waals surface area contributed by atoms with Crippen LogP contribution in [0.4, 0.5) is 11.6 Å². The van der Waals surface area contributed by atoms with E-state index in [1.165, 1.54) is 0 Å². The lowest BCUT2D eigenvalue weighted by atomic mass is 9.92. The SMILES string of the molecule is CC1CC(C#Cc2cccc3cc(C(C)NC(=O)c4c(N)nn5c4NCC=C5)n(-c4ccccc4)c(=O)c23)CC(C)O1. The zero-order valence-corrected chi connectivity index (χ0v) is 23.9. The average molecular weight is 563 g/mol. The Balaban J connectivity index is 1.42. The van der Waals surface area contributed by atoms with Gasteiger partial charge < -0.3 is 21.1 Å². The summed E-state index contributed by atoms with van der Waals surface area (Å²) in [5, 5.41) is 11.8. The number of para-hydroxylation sites is 1. The van der Waals surface area contributed by atoms with E-state index < -0.39 is 6.04 Å². The molecule has 1 amide bonds. The second kappa shape index (κ2) is 11.2. The number of nitrogen functional groups attached to an aromatic ring is 1. The van der Waals surface area contributed by atoms with Crippen molar-refractivity contribution in [3.63, 3.8) is 0 Å². The minimum Gasteiger partial charge on any atom is -0.381 e. The Morgan fingerprint density at radius 1 is 1.14 bits per heavy atom. The maximum atomic E-state index is 14.3. The third kappa shape index (κ3) is 5.17. The largest absolute Gasteiger partial charge is 0.381 e. The first-order chi connectivity index (χ1) is 20.3. The van der Waals surface area contributed by atoms with E-state index in [4.69, 9.17) is 10.5 Å². The van der Waals surface area contributed by atoms with Gasteiger partial charge in [0.2, 0.25) is 0 Å². The third-order valence-corrected chi connectivity index (χ3v) is 7.79. The van der Waals surface area contributed by atoms with Gasteiger partial charge in [-0.1, -0.05) is 42.2 Å². The van der Waals surface area contributed by atoms with E-state index in [1.54, 1.807) is 15.4 Å². The summed E-state index contributed by atoms with van der Waals surface area (Å²) < 4.78 is 9.09. The number of hydrogen-bond donors (Lipinski definition) is 3. The first kappa shape index (κ1) is 27.4. The number of carbonyl (C=O) groups is 1. The Morgan fingerprint density at radius 3 is 2.67 bits per heavy atom. The van der Waals surface area contributed by atoms with Crippen molar-refractivity contribution < 1.29 is 9.53 Å². The Hall–Kier alpha value is -4.81. The van der Waals surface area contributed by atoms with E-state index in [9.17, 15) is 9.59 Å². The topological polar surface area (TPSA) is 116 Å². The van der Waals surface area contributed by atoms with Crippen LogP contribution in [0.3, 0.4) is 0 Å². The number of carbonyl (C=O) groups excluding carboxylic acids is 1. The molecule has 9 nitrogen and oxygen atoms in total. The zero-order valence-electron chi connectivity index (χ0n) is 23.9. The predicted octanol–water partition coefficient (Wildman–Crippen LogP) is 4.71. The summed E-state index contributed by atoms with van der Waals surface area (Å²) in [6.07, 6.45) is 5.71. The van der Waals surface area contributed by atoms with E-state index in [1.807, 2.05) is 67.6 Å². The van der Waals surface area contributed by atoms with Gasteiger partial charge in [0.1, 0.15) is 11.4 Å². The molecule has 2 aromatic carbocycles. The summed E-state index contributed by atoms with van der Waals surface area (Å²) in [5.41, 5.74) is 8.23. The van der Waals surface area contributed by atoms with Crippen LogP contribution in [-0.2, 0) is 4.74 Å². The lowest BCUT2D eigenvalue weighted by molar-refractivity contribution is -0.0419. The Kier molecular flexibility index (Phi) is 7.31. The number of anilines is 2. The molecule has 2 aliphatic heterocycles. The van der Waals surface area contributed by atoms with Crippen LogP contribution in [0.15, 0.2) is 65.5 Å². The van der Waals surface area contributed by atoms with Gasteiger partial charge in [0.15, 0.2) is 5.82 Å². The van der Waals surface area contributed by atoms with Crippen molar-refractivity contribution in [2.75, 3.05) is 17.6 Å². The summed E-state index contributed by atoms with van der Waals surface area (Å²) >= 11 is 0. The molecular formula is C33H34N6O3. The van der Waals surface area contributed by atoms with E-state index >= 15 is 0 Å². The molecule has 214 valence electrons. The fraction of sp³-hybridized carbons (Fsp3) is 0.303. The van der Waals surface area contributed by atoms with Crippen molar-refractivity contribution in [2.24, 2.45) is 5.92 Å². The number of fused-ring (bicyclic) bond motifs is 2.